The van der Waals surface area contributed by atoms with Crippen molar-refractivity contribution in [1.82, 2.24) is 14.8 Å². The summed E-state index contributed by atoms with van der Waals surface area (Å²) in [6.45, 7) is 1.96. The molecule has 1 N–H and O–H groups in total. The van der Waals surface area contributed by atoms with E-state index in [1.807, 2.05) is 44.1 Å². The van der Waals surface area contributed by atoms with Gasteiger partial charge >= 0.3 is 0 Å². The summed E-state index contributed by atoms with van der Waals surface area (Å²) in [6.07, 6.45) is 1.79. The van der Waals surface area contributed by atoms with Gasteiger partial charge in [0.2, 0.25) is 0 Å². The van der Waals surface area contributed by atoms with Crippen molar-refractivity contribution in [3.8, 4) is 0 Å². The number of nitrogens with one attached hydrogen (secondary N) is 1. The van der Waals surface area contributed by atoms with E-state index in [0.717, 1.165) is 5.56 Å². The van der Waals surface area contributed by atoms with Crippen molar-refractivity contribution in [2.75, 3.05) is 14.1 Å². The van der Waals surface area contributed by atoms with Gasteiger partial charge in [0.15, 0.2) is 0 Å². The van der Waals surface area contributed by atoms with Gasteiger partial charge in [-0.05, 0) is 33.2 Å². The first-order chi connectivity index (χ1) is 8.56. The zero-order valence-electron chi connectivity index (χ0n) is 10.6. The lowest BCUT2D eigenvalue weighted by atomic mass is 10.1. The van der Waals surface area contributed by atoms with Crippen LogP contribution in [0.15, 0.2) is 29.4 Å². The number of amides is 1. The maximum Gasteiger partial charge on any atom is 0.271 e. The molecule has 0 aliphatic carbocycles. The molecule has 18 heavy (non-hydrogen) atoms. The Labute approximate surface area is 111 Å². The summed E-state index contributed by atoms with van der Waals surface area (Å²) in [4.78, 5) is 14.0. The van der Waals surface area contributed by atoms with E-state index >= 15 is 0 Å². The molecule has 1 aliphatic heterocycles. The molecule has 0 saturated heterocycles. The molecule has 0 fully saturated rings. The van der Waals surface area contributed by atoms with Crippen molar-refractivity contribution in [1.29, 1.82) is 0 Å². The largest absolute Gasteiger partial charge is 0.292 e. The number of hydrazone groups is 1. The van der Waals surface area contributed by atoms with E-state index in [2.05, 4.69) is 10.5 Å². The van der Waals surface area contributed by atoms with Crippen molar-refractivity contribution >= 4 is 24.1 Å². The molecule has 0 spiro atoms. The summed E-state index contributed by atoms with van der Waals surface area (Å²) < 4.78 is 1.50. The second-order valence-electron chi connectivity index (χ2n) is 4.31. The van der Waals surface area contributed by atoms with Crippen molar-refractivity contribution in [2.24, 2.45) is 5.10 Å². The number of benzene rings is 1. The van der Waals surface area contributed by atoms with Crippen LogP contribution in [0.5, 0.6) is 0 Å². The smallest absolute Gasteiger partial charge is 0.271 e. The van der Waals surface area contributed by atoms with Crippen molar-refractivity contribution in [3.05, 3.63) is 35.4 Å². The second-order valence-corrected chi connectivity index (χ2v) is 5.35. The van der Waals surface area contributed by atoms with Crippen LogP contribution in [0.25, 0.3) is 0 Å². The average molecular weight is 264 g/mol. The molecule has 0 aromatic heterocycles. The fraction of sp³-hybridized carbons (Fsp3) is 0.333. The first-order valence-electron chi connectivity index (χ1n) is 5.61. The summed E-state index contributed by atoms with van der Waals surface area (Å²) in [5.74, 6) is -0.150. The Morgan fingerprint density at radius 1 is 1.50 bits per heavy atom. The molecule has 0 saturated carbocycles. The molecule has 1 aromatic rings. The Kier molecular flexibility index (Phi) is 3.88. The van der Waals surface area contributed by atoms with E-state index in [1.54, 1.807) is 12.3 Å². The minimum absolute atomic E-state index is 0.150. The first-order valence-corrected chi connectivity index (χ1v) is 6.45. The van der Waals surface area contributed by atoms with Crippen LogP contribution < -0.4 is 5.43 Å². The summed E-state index contributed by atoms with van der Waals surface area (Å²) in [6, 6.07) is 7.47. The highest BCUT2D eigenvalue weighted by Crippen LogP contribution is 2.21. The van der Waals surface area contributed by atoms with E-state index in [0.29, 0.717) is 5.56 Å². The van der Waals surface area contributed by atoms with E-state index in [9.17, 15) is 4.79 Å². The Balaban J connectivity index is 1.95. The van der Waals surface area contributed by atoms with Gasteiger partial charge in [-0.2, -0.15) is 5.10 Å². The number of carbonyl (C=O) groups is 1. The zero-order chi connectivity index (χ0) is 13.1. The Morgan fingerprint density at radius 3 is 2.89 bits per heavy atom. The third-order valence-corrected chi connectivity index (χ3v) is 3.64. The number of rotatable bonds is 3. The van der Waals surface area contributed by atoms with Crippen LogP contribution in [-0.2, 0) is 0 Å². The number of hydrogen-bond acceptors (Lipinski definition) is 5. The van der Waals surface area contributed by atoms with E-state index < -0.39 is 0 Å². The minimum atomic E-state index is -0.150. The normalized spacial score (nSPS) is 18.4. The van der Waals surface area contributed by atoms with Gasteiger partial charge in [-0.1, -0.05) is 17.7 Å². The van der Waals surface area contributed by atoms with Gasteiger partial charge < -0.3 is 0 Å². The van der Waals surface area contributed by atoms with Crippen LogP contribution in [0.1, 0.15) is 15.9 Å². The van der Waals surface area contributed by atoms with Crippen molar-refractivity contribution in [2.45, 2.75) is 12.3 Å². The van der Waals surface area contributed by atoms with E-state index in [1.165, 1.54) is 16.5 Å². The highest BCUT2D eigenvalue weighted by Gasteiger charge is 2.22. The van der Waals surface area contributed by atoms with Gasteiger partial charge in [0.1, 0.15) is 5.37 Å². The molecule has 1 heterocycles. The summed E-state index contributed by atoms with van der Waals surface area (Å²) in [5.41, 5.74) is 4.44. The van der Waals surface area contributed by atoms with Crippen LogP contribution in [0.4, 0.5) is 0 Å². The van der Waals surface area contributed by atoms with Gasteiger partial charge in [-0.15, -0.1) is 4.52 Å². The van der Waals surface area contributed by atoms with Gasteiger partial charge in [-0.25, -0.2) is 5.43 Å². The van der Waals surface area contributed by atoms with Gasteiger partial charge in [-0.3, -0.25) is 9.69 Å². The topological polar surface area (TPSA) is 47.9 Å². The van der Waals surface area contributed by atoms with Crippen LogP contribution in [0.3, 0.4) is 0 Å². The molecule has 2 rings (SSSR count). The Morgan fingerprint density at radius 2 is 2.28 bits per heavy atom. The third kappa shape index (κ3) is 3.02. The number of aryl methyl sites for hydroxylation is 1. The maximum atomic E-state index is 12.0. The molecular weight excluding hydrogens is 248 g/mol. The zero-order valence-corrected chi connectivity index (χ0v) is 11.4. The predicted octanol–water partition coefficient (Wildman–Crippen LogP) is 1.48. The van der Waals surface area contributed by atoms with Crippen LogP contribution in [0.2, 0.25) is 0 Å². The standard InChI is InChI=1S/C12H16N4OS/c1-9-5-4-6-10(7-9)12(17)14-16-13-8-11(18-16)15(2)3/h4-8,11H,1-3H3,(H,14,17). The predicted molar refractivity (Wildman–Crippen MR) is 74.0 cm³/mol. The number of carbonyl (C=O) groups excluding carboxylic acids is 1. The molecule has 1 unspecified atom stereocenters. The minimum Gasteiger partial charge on any atom is -0.292 e. The summed E-state index contributed by atoms with van der Waals surface area (Å²) in [5, 5.41) is 4.28. The molecule has 1 aromatic carbocycles. The number of nitrogens with zero attached hydrogens (tertiary/aromatic N) is 3. The SMILES string of the molecule is Cc1cccc(C(=O)NN2N=CC(N(C)C)S2)c1. The molecule has 1 aliphatic rings. The average Bonchev–Trinajstić information content (AvgIpc) is 2.77. The molecule has 1 amide bonds. The van der Waals surface area contributed by atoms with Gasteiger partial charge in [0.05, 0.1) is 6.21 Å². The van der Waals surface area contributed by atoms with Crippen LogP contribution >= 0.6 is 11.9 Å². The van der Waals surface area contributed by atoms with Gasteiger partial charge in [0, 0.05) is 17.5 Å². The lowest BCUT2D eigenvalue weighted by molar-refractivity contribution is 0.0891. The van der Waals surface area contributed by atoms with E-state index in [-0.39, 0.29) is 11.3 Å². The second kappa shape index (κ2) is 5.41. The molecule has 0 radical (unpaired) electrons. The highest BCUT2D eigenvalue weighted by molar-refractivity contribution is 7.98. The van der Waals surface area contributed by atoms with Crippen LogP contribution in [-0.4, -0.2) is 41.0 Å². The molecule has 5 nitrogen and oxygen atoms in total. The fourth-order valence-electron chi connectivity index (χ4n) is 1.49. The first kappa shape index (κ1) is 12.9. The highest BCUT2D eigenvalue weighted by atomic mass is 32.2. The quantitative estimate of drug-likeness (QED) is 0.840. The Hall–Kier alpha value is -1.53. The third-order valence-electron chi connectivity index (χ3n) is 2.49. The summed E-state index contributed by atoms with van der Waals surface area (Å²) >= 11 is 1.45. The molecular formula is C12H16N4OS. The number of hydrogen-bond donors (Lipinski definition) is 1. The van der Waals surface area contributed by atoms with Crippen LogP contribution in [0, 0.1) is 6.92 Å². The lowest BCUT2D eigenvalue weighted by Gasteiger charge is -2.18. The monoisotopic (exact) mass is 264 g/mol. The maximum absolute atomic E-state index is 12.0. The van der Waals surface area contributed by atoms with E-state index in [4.69, 9.17) is 0 Å². The molecule has 1 atom stereocenters. The Bertz CT molecular complexity index is 475. The lowest BCUT2D eigenvalue weighted by Crippen LogP contribution is -2.34. The summed E-state index contributed by atoms with van der Waals surface area (Å²) in [7, 11) is 3.94. The fourth-order valence-corrected chi connectivity index (χ4v) is 2.24. The van der Waals surface area contributed by atoms with Crippen molar-refractivity contribution in [3.63, 3.8) is 0 Å². The van der Waals surface area contributed by atoms with Crippen molar-refractivity contribution < 1.29 is 4.79 Å². The molecule has 96 valence electrons. The van der Waals surface area contributed by atoms with Gasteiger partial charge in [0.25, 0.3) is 5.91 Å². The molecule has 0 bridgehead atoms. The number of hydrazine groups is 1. The molecule has 6 heteroatoms.